The number of hydrogen-bond acceptors (Lipinski definition) is 1. The van der Waals surface area contributed by atoms with Crippen LogP contribution < -0.4 is 16.9 Å². The van der Waals surface area contributed by atoms with Gasteiger partial charge in [-0.05, 0) is 17.0 Å². The van der Waals surface area contributed by atoms with E-state index in [2.05, 4.69) is 6.07 Å². The van der Waals surface area contributed by atoms with E-state index in [0.29, 0.717) is 4.48 Å². The van der Waals surface area contributed by atoms with Gasteiger partial charge in [0.25, 0.3) is 0 Å². The summed E-state index contributed by atoms with van der Waals surface area (Å²) in [5, 5.41) is 2.10. The van der Waals surface area contributed by atoms with Crippen LogP contribution in [0.5, 0.6) is 0 Å². The van der Waals surface area contributed by atoms with Crippen molar-refractivity contribution in [2.75, 3.05) is 21.2 Å². The minimum absolute atomic E-state index is 0. The Labute approximate surface area is 117 Å². The Hall–Kier alpha value is -1.09. The van der Waals surface area contributed by atoms with Crippen LogP contribution in [-0.4, -0.2) is 27.4 Å². The van der Waals surface area contributed by atoms with Gasteiger partial charge >= 0.3 is 0 Å². The molecule has 3 heteroatoms. The normalized spacial score (nSPS) is 24.9. The number of quaternary nitrogens is 1. The second kappa shape index (κ2) is 4.54. The molecule has 1 aliphatic rings. The summed E-state index contributed by atoms with van der Waals surface area (Å²) in [5.41, 5.74) is 1.83. The molecule has 18 heavy (non-hydrogen) atoms. The number of nitrogens with zero attached hydrogens (tertiary/aromatic N) is 1. The summed E-state index contributed by atoms with van der Waals surface area (Å²) in [6.07, 6.45) is -2.06. The first-order chi connectivity index (χ1) is 8.90. The van der Waals surface area contributed by atoms with E-state index in [1.165, 1.54) is 0 Å². The van der Waals surface area contributed by atoms with Crippen molar-refractivity contribution in [3.05, 3.63) is 42.0 Å². The molecule has 0 N–H and O–H groups in total. The Morgan fingerprint density at radius 3 is 2.56 bits per heavy atom. The van der Waals surface area contributed by atoms with Crippen LogP contribution in [0.4, 0.5) is 5.69 Å². The zero-order valence-electron chi connectivity index (χ0n) is 12.8. The van der Waals surface area contributed by atoms with Gasteiger partial charge in [-0.15, -0.1) is 0 Å². The van der Waals surface area contributed by atoms with Crippen molar-refractivity contribution >= 4 is 16.5 Å². The molecule has 96 valence electrons. The summed E-state index contributed by atoms with van der Waals surface area (Å²) in [6, 6.07) is 11.9. The van der Waals surface area contributed by atoms with Crippen molar-refractivity contribution in [2.45, 2.75) is 12.6 Å². The maximum Gasteiger partial charge on any atom is 0.201 e. The van der Waals surface area contributed by atoms with E-state index in [1.54, 1.807) is 7.11 Å². The lowest BCUT2D eigenvalue weighted by molar-refractivity contribution is -0.000678. The molecule has 0 radical (unpaired) electrons. The molecule has 0 aromatic heterocycles. The molecule has 0 amide bonds. The summed E-state index contributed by atoms with van der Waals surface area (Å²) in [7, 11) is 5.57. The molecule has 3 rings (SSSR count). The summed E-state index contributed by atoms with van der Waals surface area (Å²) in [5.74, 6) is 0. The van der Waals surface area contributed by atoms with Crippen molar-refractivity contribution in [2.24, 2.45) is 0 Å². The van der Waals surface area contributed by atoms with Gasteiger partial charge in [-0.3, -0.25) is 4.48 Å². The molecule has 0 spiro atoms. The van der Waals surface area contributed by atoms with Gasteiger partial charge in [0.1, 0.15) is 5.69 Å². The largest absolute Gasteiger partial charge is 1.00 e. The van der Waals surface area contributed by atoms with E-state index >= 15 is 0 Å². The number of methoxy groups -OCH3 is 1. The SMILES string of the molecule is [2H]C1([2H])c2cccc3cccc(c23)[N+](C)(C)C1OC.[Cl-]. The quantitative estimate of drug-likeness (QED) is 0.657. The molecule has 1 atom stereocenters. The highest BCUT2D eigenvalue weighted by molar-refractivity contribution is 5.97. The average molecular weight is 266 g/mol. The van der Waals surface area contributed by atoms with Gasteiger partial charge in [0.2, 0.25) is 6.23 Å². The first kappa shape index (κ1) is 10.8. The topological polar surface area (TPSA) is 9.23 Å². The van der Waals surface area contributed by atoms with E-state index in [-0.39, 0.29) is 12.4 Å². The molecular formula is C15H18ClNO. The highest BCUT2D eigenvalue weighted by atomic mass is 35.5. The minimum atomic E-state index is -1.51. The maximum atomic E-state index is 8.48. The third kappa shape index (κ3) is 1.72. The van der Waals surface area contributed by atoms with Crippen LogP contribution in [-0.2, 0) is 11.1 Å². The molecule has 1 aliphatic heterocycles. The molecule has 1 unspecified atom stereocenters. The zero-order valence-corrected chi connectivity index (χ0v) is 11.5. The van der Waals surface area contributed by atoms with Crippen LogP contribution in [0.1, 0.15) is 8.30 Å². The van der Waals surface area contributed by atoms with E-state index in [1.807, 2.05) is 44.4 Å². The molecular weight excluding hydrogens is 246 g/mol. The lowest BCUT2D eigenvalue weighted by Crippen LogP contribution is -3.00. The lowest BCUT2D eigenvalue weighted by atomic mass is 9.94. The van der Waals surface area contributed by atoms with E-state index in [9.17, 15) is 0 Å². The highest BCUT2D eigenvalue weighted by Gasteiger charge is 2.37. The van der Waals surface area contributed by atoms with E-state index in [0.717, 1.165) is 22.0 Å². The average Bonchev–Trinajstić information content (AvgIpc) is 2.36. The van der Waals surface area contributed by atoms with Crippen LogP contribution in [0.25, 0.3) is 10.8 Å². The second-order valence-electron chi connectivity index (χ2n) is 4.95. The van der Waals surface area contributed by atoms with Crippen molar-refractivity contribution < 1.29 is 19.9 Å². The van der Waals surface area contributed by atoms with E-state index in [4.69, 9.17) is 7.48 Å². The predicted molar refractivity (Wildman–Crippen MR) is 72.1 cm³/mol. The Balaban J connectivity index is 0.00000147. The van der Waals surface area contributed by atoms with Crippen LogP contribution in [0.2, 0.25) is 0 Å². The summed E-state index contributed by atoms with van der Waals surface area (Å²) in [6.45, 7) is 0. The van der Waals surface area contributed by atoms with Gasteiger partial charge in [0.15, 0.2) is 0 Å². The van der Waals surface area contributed by atoms with Crippen LogP contribution in [0, 0.1) is 0 Å². The molecule has 2 aromatic carbocycles. The highest BCUT2D eigenvalue weighted by Crippen LogP contribution is 2.39. The number of likely N-dealkylation sites (N-methyl/N-ethyl adjacent to an activating group) is 1. The molecule has 1 heterocycles. The minimum Gasteiger partial charge on any atom is -1.00 e. The van der Waals surface area contributed by atoms with Crippen LogP contribution >= 0.6 is 0 Å². The molecule has 0 bridgehead atoms. The maximum absolute atomic E-state index is 8.48. The van der Waals surface area contributed by atoms with Crippen molar-refractivity contribution in [3.63, 3.8) is 0 Å². The van der Waals surface area contributed by atoms with Crippen LogP contribution in [0.3, 0.4) is 0 Å². The summed E-state index contributed by atoms with van der Waals surface area (Å²) in [4.78, 5) is 0. The van der Waals surface area contributed by atoms with Gasteiger partial charge < -0.3 is 17.1 Å². The number of benzene rings is 2. The molecule has 0 saturated heterocycles. The fourth-order valence-electron chi connectivity index (χ4n) is 2.66. The van der Waals surface area contributed by atoms with Gasteiger partial charge in [0, 0.05) is 15.2 Å². The Bertz CT molecular complexity index is 607. The molecule has 2 aromatic rings. The van der Waals surface area contributed by atoms with E-state index < -0.39 is 12.6 Å². The van der Waals surface area contributed by atoms with Gasteiger partial charge in [0.05, 0.1) is 20.5 Å². The smallest absolute Gasteiger partial charge is 0.201 e. The zero-order chi connectivity index (χ0) is 13.8. The summed E-state index contributed by atoms with van der Waals surface area (Å²) < 4.78 is 22.9. The van der Waals surface area contributed by atoms with Gasteiger partial charge in [-0.2, -0.15) is 0 Å². The second-order valence-corrected chi connectivity index (χ2v) is 4.95. The van der Waals surface area contributed by atoms with Crippen molar-refractivity contribution in [1.29, 1.82) is 0 Å². The third-order valence-electron chi connectivity index (χ3n) is 3.59. The fraction of sp³-hybridized carbons (Fsp3) is 0.333. The van der Waals surface area contributed by atoms with Gasteiger partial charge in [-0.25, -0.2) is 0 Å². The lowest BCUT2D eigenvalue weighted by Gasteiger charge is -2.40. The third-order valence-corrected chi connectivity index (χ3v) is 3.59. The molecule has 0 saturated carbocycles. The Morgan fingerprint density at radius 2 is 1.89 bits per heavy atom. The predicted octanol–water partition coefficient (Wildman–Crippen LogP) is -0.0607. The standard InChI is InChI=1S/C15H18NO.ClH/c1-16(2)13-9-5-7-11-6-4-8-12(15(11)13)10-14(16)17-3;/h4-9,14H,10H2,1-3H3;1H/q+1;/p-1/i10D2;. The molecule has 0 aliphatic carbocycles. The van der Waals surface area contributed by atoms with Crippen molar-refractivity contribution in [3.8, 4) is 0 Å². The number of ether oxygens (including phenoxy) is 1. The number of rotatable bonds is 1. The van der Waals surface area contributed by atoms with Gasteiger partial charge in [-0.1, -0.05) is 30.3 Å². The first-order valence-electron chi connectivity index (χ1n) is 6.80. The number of halogens is 1. The fourth-order valence-corrected chi connectivity index (χ4v) is 2.66. The first-order valence-corrected chi connectivity index (χ1v) is 5.80. The molecule has 0 fully saturated rings. The Kier molecular flexibility index (Phi) is 2.72. The molecule has 2 nitrogen and oxygen atoms in total. The Morgan fingerprint density at radius 1 is 1.22 bits per heavy atom. The number of hydrogen-bond donors (Lipinski definition) is 0. The van der Waals surface area contributed by atoms with Crippen LogP contribution in [0.15, 0.2) is 36.4 Å². The summed E-state index contributed by atoms with van der Waals surface area (Å²) >= 11 is 0. The van der Waals surface area contributed by atoms with Crippen molar-refractivity contribution in [1.82, 2.24) is 4.48 Å². The monoisotopic (exact) mass is 265 g/mol.